The Bertz CT molecular complexity index is 141. The molecule has 0 spiro atoms. The molecule has 0 bridgehead atoms. The first-order chi connectivity index (χ1) is 6.70. The zero-order valence-corrected chi connectivity index (χ0v) is 9.63. The minimum atomic E-state index is -0.0455. The van der Waals surface area contributed by atoms with Gasteiger partial charge in [0.25, 0.3) is 0 Å². The van der Waals surface area contributed by atoms with Crippen LogP contribution in [0, 0.1) is 11.8 Å². The summed E-state index contributed by atoms with van der Waals surface area (Å²) < 4.78 is 0. The van der Waals surface area contributed by atoms with Crippen LogP contribution in [0.3, 0.4) is 0 Å². The van der Waals surface area contributed by atoms with Crippen LogP contribution in [0.2, 0.25) is 0 Å². The van der Waals surface area contributed by atoms with Crippen molar-refractivity contribution in [3.8, 4) is 0 Å². The molecular weight excluding hydrogens is 174 g/mol. The van der Waals surface area contributed by atoms with Gasteiger partial charge in [-0.15, -0.1) is 0 Å². The number of piperidine rings is 1. The summed E-state index contributed by atoms with van der Waals surface area (Å²) in [6.45, 7) is 6.67. The van der Waals surface area contributed by atoms with Crippen molar-refractivity contribution in [2.45, 2.75) is 52.1 Å². The van der Waals surface area contributed by atoms with E-state index in [4.69, 9.17) is 0 Å². The van der Waals surface area contributed by atoms with Gasteiger partial charge in [-0.25, -0.2) is 0 Å². The lowest BCUT2D eigenvalue weighted by Gasteiger charge is -2.27. The first-order valence-corrected chi connectivity index (χ1v) is 6.09. The maximum absolute atomic E-state index is 9.96. The maximum atomic E-state index is 9.96. The first-order valence-electron chi connectivity index (χ1n) is 6.09. The average molecular weight is 199 g/mol. The van der Waals surface area contributed by atoms with Gasteiger partial charge in [0.1, 0.15) is 0 Å². The number of nitrogens with one attached hydrogen (secondary N) is 1. The van der Waals surface area contributed by atoms with Crippen LogP contribution in [-0.2, 0) is 0 Å². The van der Waals surface area contributed by atoms with Crippen molar-refractivity contribution in [2.24, 2.45) is 11.8 Å². The standard InChI is InChI=1S/C12H25NO/c1-10(2)4-3-5-12(14)11-6-8-13-9-7-11/h10-14H,3-9H2,1-2H3. The van der Waals surface area contributed by atoms with Gasteiger partial charge >= 0.3 is 0 Å². The van der Waals surface area contributed by atoms with Crippen molar-refractivity contribution in [1.82, 2.24) is 5.32 Å². The van der Waals surface area contributed by atoms with Gasteiger partial charge in [0.15, 0.2) is 0 Å². The third kappa shape index (κ3) is 4.43. The van der Waals surface area contributed by atoms with Crippen LogP contribution >= 0.6 is 0 Å². The molecule has 1 saturated heterocycles. The molecule has 0 amide bonds. The molecular formula is C12H25NO. The van der Waals surface area contributed by atoms with Gasteiger partial charge in [0, 0.05) is 0 Å². The topological polar surface area (TPSA) is 32.3 Å². The van der Waals surface area contributed by atoms with Crippen molar-refractivity contribution in [3.05, 3.63) is 0 Å². The number of aliphatic hydroxyl groups is 1. The summed E-state index contributed by atoms with van der Waals surface area (Å²) in [5.74, 6) is 1.33. The van der Waals surface area contributed by atoms with Gasteiger partial charge in [-0.2, -0.15) is 0 Å². The number of rotatable bonds is 5. The van der Waals surface area contributed by atoms with E-state index in [1.807, 2.05) is 0 Å². The van der Waals surface area contributed by atoms with Crippen LogP contribution in [0.15, 0.2) is 0 Å². The monoisotopic (exact) mass is 199 g/mol. The molecule has 0 aromatic heterocycles. The lowest BCUT2D eigenvalue weighted by atomic mass is 9.89. The van der Waals surface area contributed by atoms with Gasteiger partial charge in [0.05, 0.1) is 6.10 Å². The molecule has 2 N–H and O–H groups in total. The molecule has 1 fully saturated rings. The second kappa shape index (κ2) is 6.41. The number of hydrogen-bond donors (Lipinski definition) is 2. The van der Waals surface area contributed by atoms with E-state index in [0.717, 1.165) is 38.3 Å². The molecule has 0 aromatic rings. The van der Waals surface area contributed by atoms with Crippen molar-refractivity contribution >= 4 is 0 Å². The summed E-state index contributed by atoms with van der Waals surface area (Å²) in [5, 5.41) is 13.3. The fourth-order valence-electron chi connectivity index (χ4n) is 2.20. The number of aliphatic hydroxyl groups excluding tert-OH is 1. The highest BCUT2D eigenvalue weighted by atomic mass is 16.3. The van der Waals surface area contributed by atoms with Gasteiger partial charge < -0.3 is 10.4 Å². The largest absolute Gasteiger partial charge is 0.393 e. The Morgan fingerprint density at radius 1 is 1.21 bits per heavy atom. The van der Waals surface area contributed by atoms with E-state index in [-0.39, 0.29) is 6.10 Å². The Morgan fingerprint density at radius 2 is 1.86 bits per heavy atom. The van der Waals surface area contributed by atoms with E-state index in [9.17, 15) is 5.11 Å². The lowest BCUT2D eigenvalue weighted by Crippen LogP contribution is -2.34. The minimum absolute atomic E-state index is 0.0455. The van der Waals surface area contributed by atoms with Crippen LogP contribution in [0.5, 0.6) is 0 Å². The van der Waals surface area contributed by atoms with Gasteiger partial charge in [-0.1, -0.05) is 26.7 Å². The zero-order valence-electron chi connectivity index (χ0n) is 9.63. The van der Waals surface area contributed by atoms with E-state index in [1.54, 1.807) is 0 Å². The Kier molecular flexibility index (Phi) is 5.49. The summed E-state index contributed by atoms with van der Waals surface area (Å²) in [6, 6.07) is 0. The number of hydrogen-bond acceptors (Lipinski definition) is 2. The highest BCUT2D eigenvalue weighted by Crippen LogP contribution is 2.20. The Hall–Kier alpha value is -0.0800. The van der Waals surface area contributed by atoms with Crippen LogP contribution in [0.25, 0.3) is 0 Å². The molecule has 14 heavy (non-hydrogen) atoms. The maximum Gasteiger partial charge on any atom is 0.0569 e. The molecule has 0 saturated carbocycles. The van der Waals surface area contributed by atoms with Crippen LogP contribution < -0.4 is 5.32 Å². The Morgan fingerprint density at radius 3 is 2.43 bits per heavy atom. The molecule has 1 rings (SSSR count). The second-order valence-electron chi connectivity index (χ2n) is 4.98. The molecule has 1 atom stereocenters. The minimum Gasteiger partial charge on any atom is -0.393 e. The molecule has 1 aliphatic heterocycles. The van der Waals surface area contributed by atoms with Gasteiger partial charge in [-0.05, 0) is 44.2 Å². The van der Waals surface area contributed by atoms with E-state index >= 15 is 0 Å². The highest BCUT2D eigenvalue weighted by Gasteiger charge is 2.20. The van der Waals surface area contributed by atoms with Crippen molar-refractivity contribution in [2.75, 3.05) is 13.1 Å². The molecule has 0 aromatic carbocycles. The Labute approximate surface area is 88.1 Å². The molecule has 2 nitrogen and oxygen atoms in total. The molecule has 1 heterocycles. The van der Waals surface area contributed by atoms with Crippen LogP contribution in [0.4, 0.5) is 0 Å². The Balaban J connectivity index is 2.10. The molecule has 0 radical (unpaired) electrons. The van der Waals surface area contributed by atoms with E-state index in [2.05, 4.69) is 19.2 Å². The predicted octanol–water partition coefficient (Wildman–Crippen LogP) is 2.17. The third-order valence-corrected chi connectivity index (χ3v) is 3.21. The highest BCUT2D eigenvalue weighted by molar-refractivity contribution is 4.75. The van der Waals surface area contributed by atoms with Crippen LogP contribution in [-0.4, -0.2) is 24.3 Å². The average Bonchev–Trinajstić information content (AvgIpc) is 2.18. The zero-order chi connectivity index (χ0) is 10.4. The van der Waals surface area contributed by atoms with Crippen molar-refractivity contribution < 1.29 is 5.11 Å². The van der Waals surface area contributed by atoms with E-state index in [1.165, 1.54) is 12.8 Å². The van der Waals surface area contributed by atoms with E-state index in [0.29, 0.717) is 5.92 Å². The van der Waals surface area contributed by atoms with Crippen molar-refractivity contribution in [1.29, 1.82) is 0 Å². The molecule has 1 aliphatic rings. The smallest absolute Gasteiger partial charge is 0.0569 e. The quantitative estimate of drug-likeness (QED) is 0.711. The SMILES string of the molecule is CC(C)CCCC(O)C1CCNCC1. The van der Waals surface area contributed by atoms with Gasteiger partial charge in [-0.3, -0.25) is 0 Å². The summed E-state index contributed by atoms with van der Waals surface area (Å²) in [7, 11) is 0. The van der Waals surface area contributed by atoms with E-state index < -0.39 is 0 Å². The fourth-order valence-corrected chi connectivity index (χ4v) is 2.20. The fraction of sp³-hybridized carbons (Fsp3) is 1.00. The third-order valence-electron chi connectivity index (χ3n) is 3.21. The normalized spacial score (nSPS) is 21.4. The molecule has 2 heteroatoms. The molecule has 84 valence electrons. The predicted molar refractivity (Wildman–Crippen MR) is 60.3 cm³/mol. The summed E-state index contributed by atoms with van der Waals surface area (Å²) >= 11 is 0. The molecule has 0 aliphatic carbocycles. The summed E-state index contributed by atoms with van der Waals surface area (Å²) in [6.07, 6.45) is 5.70. The summed E-state index contributed by atoms with van der Waals surface area (Å²) in [4.78, 5) is 0. The summed E-state index contributed by atoms with van der Waals surface area (Å²) in [5.41, 5.74) is 0. The first kappa shape index (κ1) is 12.0. The molecule has 1 unspecified atom stereocenters. The van der Waals surface area contributed by atoms with Crippen LogP contribution in [0.1, 0.15) is 46.0 Å². The van der Waals surface area contributed by atoms with Gasteiger partial charge in [0.2, 0.25) is 0 Å². The lowest BCUT2D eigenvalue weighted by molar-refractivity contribution is 0.0778. The van der Waals surface area contributed by atoms with Crippen molar-refractivity contribution in [3.63, 3.8) is 0 Å². The second-order valence-corrected chi connectivity index (χ2v) is 4.98.